The van der Waals surface area contributed by atoms with E-state index >= 15 is 0 Å². The van der Waals surface area contributed by atoms with E-state index in [1.54, 1.807) is 29.0 Å². The Morgan fingerprint density at radius 1 is 1.23 bits per heavy atom. The summed E-state index contributed by atoms with van der Waals surface area (Å²) in [5.41, 5.74) is 0.279. The van der Waals surface area contributed by atoms with E-state index in [-0.39, 0.29) is 36.4 Å². The molecule has 0 saturated carbocycles. The number of aliphatic hydroxyl groups excluding tert-OH is 1. The van der Waals surface area contributed by atoms with Gasteiger partial charge in [-0.05, 0) is 12.1 Å². The molecule has 0 aromatic heterocycles. The average molecular weight is 304 g/mol. The first-order valence-electron chi connectivity index (χ1n) is 7.54. The summed E-state index contributed by atoms with van der Waals surface area (Å²) in [7, 11) is 1.72. The number of aliphatic hydroxyl groups is 1. The Morgan fingerprint density at radius 2 is 1.82 bits per heavy atom. The molecule has 1 aliphatic heterocycles. The van der Waals surface area contributed by atoms with Crippen LogP contribution in [0.15, 0.2) is 30.3 Å². The highest BCUT2D eigenvalue weighted by atomic mass is 16.3. The van der Waals surface area contributed by atoms with Gasteiger partial charge in [-0.25, -0.2) is 0 Å². The van der Waals surface area contributed by atoms with Crippen LogP contribution in [0.1, 0.15) is 37.6 Å². The Labute approximate surface area is 131 Å². The molecule has 2 atom stereocenters. The maximum absolute atomic E-state index is 12.9. The molecule has 5 nitrogen and oxygen atoms in total. The van der Waals surface area contributed by atoms with Crippen LogP contribution in [0, 0.1) is 5.41 Å². The van der Waals surface area contributed by atoms with Gasteiger partial charge in [0, 0.05) is 31.1 Å². The highest BCUT2D eigenvalue weighted by molar-refractivity contribution is 5.99. The number of rotatable bonds is 3. The lowest BCUT2D eigenvalue weighted by Crippen LogP contribution is -2.50. The monoisotopic (exact) mass is 304 g/mol. The van der Waals surface area contributed by atoms with E-state index < -0.39 is 6.04 Å². The average Bonchev–Trinajstić information content (AvgIpc) is 2.72. The molecule has 0 spiro atoms. The van der Waals surface area contributed by atoms with Gasteiger partial charge in [0.15, 0.2) is 0 Å². The number of carbonyl (C=O) groups is 2. The zero-order valence-corrected chi connectivity index (χ0v) is 13.6. The SMILES string of the molecule is CN1C(=O)C(CCO)N(C(=O)c2ccccc2)C1C(C)(C)C. The van der Waals surface area contributed by atoms with Crippen molar-refractivity contribution in [3.63, 3.8) is 0 Å². The van der Waals surface area contributed by atoms with E-state index in [1.807, 2.05) is 39.0 Å². The lowest BCUT2D eigenvalue weighted by atomic mass is 9.90. The normalized spacial score (nSPS) is 22.3. The van der Waals surface area contributed by atoms with Crippen molar-refractivity contribution in [2.45, 2.75) is 39.4 Å². The number of nitrogens with zero attached hydrogens (tertiary/aromatic N) is 2. The van der Waals surface area contributed by atoms with E-state index in [0.29, 0.717) is 5.56 Å². The number of amides is 2. The largest absolute Gasteiger partial charge is 0.396 e. The van der Waals surface area contributed by atoms with Crippen molar-refractivity contribution in [3.8, 4) is 0 Å². The first-order chi connectivity index (χ1) is 10.3. The van der Waals surface area contributed by atoms with E-state index in [4.69, 9.17) is 0 Å². The fraction of sp³-hybridized carbons (Fsp3) is 0.529. The van der Waals surface area contributed by atoms with E-state index in [1.165, 1.54) is 0 Å². The van der Waals surface area contributed by atoms with E-state index in [2.05, 4.69) is 0 Å². The van der Waals surface area contributed by atoms with Crippen LogP contribution in [-0.4, -0.2) is 52.6 Å². The lowest BCUT2D eigenvalue weighted by Gasteiger charge is -2.39. The zero-order valence-electron chi connectivity index (χ0n) is 13.6. The van der Waals surface area contributed by atoms with Crippen molar-refractivity contribution < 1.29 is 14.7 Å². The third-order valence-electron chi connectivity index (χ3n) is 4.03. The van der Waals surface area contributed by atoms with Crippen LogP contribution in [0.25, 0.3) is 0 Å². The third kappa shape index (κ3) is 2.86. The van der Waals surface area contributed by atoms with Gasteiger partial charge in [0.25, 0.3) is 5.91 Å². The summed E-state index contributed by atoms with van der Waals surface area (Å²) in [6.45, 7) is 5.90. The Hall–Kier alpha value is -1.88. The summed E-state index contributed by atoms with van der Waals surface area (Å²) in [5, 5.41) is 9.28. The minimum atomic E-state index is -0.605. The summed E-state index contributed by atoms with van der Waals surface area (Å²) < 4.78 is 0. The quantitative estimate of drug-likeness (QED) is 0.925. The fourth-order valence-electron chi connectivity index (χ4n) is 3.20. The number of benzene rings is 1. The van der Waals surface area contributed by atoms with Crippen molar-refractivity contribution >= 4 is 11.8 Å². The Bertz CT molecular complexity index is 551. The summed E-state index contributed by atoms with van der Waals surface area (Å²) in [6.07, 6.45) is -0.0711. The Balaban J connectivity index is 2.45. The molecule has 1 fully saturated rings. The van der Waals surface area contributed by atoms with Crippen LogP contribution in [0.2, 0.25) is 0 Å². The minimum absolute atomic E-state index is 0.113. The molecule has 1 N–H and O–H groups in total. The molecule has 2 amide bonds. The molecule has 2 rings (SSSR count). The Kier molecular flexibility index (Phi) is 4.56. The van der Waals surface area contributed by atoms with Crippen LogP contribution >= 0.6 is 0 Å². The minimum Gasteiger partial charge on any atom is -0.396 e. The molecular weight excluding hydrogens is 280 g/mol. The predicted molar refractivity (Wildman–Crippen MR) is 84.1 cm³/mol. The number of likely N-dealkylation sites (N-methyl/N-ethyl adjacent to an activating group) is 1. The van der Waals surface area contributed by atoms with Crippen molar-refractivity contribution in [3.05, 3.63) is 35.9 Å². The summed E-state index contributed by atoms with van der Waals surface area (Å²) >= 11 is 0. The topological polar surface area (TPSA) is 60.9 Å². The summed E-state index contributed by atoms with van der Waals surface area (Å²) in [5.74, 6) is -0.282. The smallest absolute Gasteiger partial charge is 0.256 e. The van der Waals surface area contributed by atoms with Gasteiger partial charge in [-0.1, -0.05) is 39.0 Å². The van der Waals surface area contributed by atoms with Crippen molar-refractivity contribution in [1.29, 1.82) is 0 Å². The second kappa shape index (κ2) is 6.08. The molecule has 0 bridgehead atoms. The van der Waals surface area contributed by atoms with Gasteiger partial charge in [-0.2, -0.15) is 0 Å². The lowest BCUT2D eigenvalue weighted by molar-refractivity contribution is -0.130. The molecule has 5 heteroatoms. The Morgan fingerprint density at radius 3 is 2.32 bits per heavy atom. The molecule has 120 valence electrons. The molecular formula is C17H24N2O3. The maximum atomic E-state index is 12.9. The number of hydrogen-bond donors (Lipinski definition) is 1. The van der Waals surface area contributed by atoms with Crippen LogP contribution in [0.3, 0.4) is 0 Å². The number of hydrogen-bond acceptors (Lipinski definition) is 3. The second-order valence-corrected chi connectivity index (χ2v) is 6.80. The van der Waals surface area contributed by atoms with Crippen LogP contribution in [0.4, 0.5) is 0 Å². The van der Waals surface area contributed by atoms with Gasteiger partial charge in [-0.3, -0.25) is 9.59 Å². The third-order valence-corrected chi connectivity index (χ3v) is 4.03. The van der Waals surface area contributed by atoms with Crippen molar-refractivity contribution in [2.75, 3.05) is 13.7 Å². The molecule has 1 aliphatic rings. The molecule has 2 unspecified atom stereocenters. The first kappa shape index (κ1) is 16.5. The number of carbonyl (C=O) groups excluding carboxylic acids is 2. The van der Waals surface area contributed by atoms with Crippen LogP contribution < -0.4 is 0 Å². The van der Waals surface area contributed by atoms with Crippen LogP contribution in [-0.2, 0) is 4.79 Å². The molecule has 1 saturated heterocycles. The van der Waals surface area contributed by atoms with E-state index in [0.717, 1.165) is 0 Å². The molecule has 1 aromatic rings. The summed E-state index contributed by atoms with van der Waals surface area (Å²) in [6, 6.07) is 8.36. The van der Waals surface area contributed by atoms with E-state index in [9.17, 15) is 14.7 Å². The molecule has 1 aromatic carbocycles. The summed E-state index contributed by atoms with van der Waals surface area (Å²) in [4.78, 5) is 28.7. The molecule has 0 aliphatic carbocycles. The van der Waals surface area contributed by atoms with Gasteiger partial charge in [0.05, 0.1) is 0 Å². The maximum Gasteiger partial charge on any atom is 0.256 e. The molecule has 1 heterocycles. The van der Waals surface area contributed by atoms with Gasteiger partial charge in [0.2, 0.25) is 5.91 Å². The first-order valence-corrected chi connectivity index (χ1v) is 7.54. The highest BCUT2D eigenvalue weighted by Crippen LogP contribution is 2.35. The zero-order chi connectivity index (χ0) is 16.5. The molecule has 0 radical (unpaired) electrons. The van der Waals surface area contributed by atoms with Gasteiger partial charge < -0.3 is 14.9 Å². The van der Waals surface area contributed by atoms with Crippen molar-refractivity contribution in [1.82, 2.24) is 9.80 Å². The van der Waals surface area contributed by atoms with Gasteiger partial charge in [-0.15, -0.1) is 0 Å². The van der Waals surface area contributed by atoms with Crippen molar-refractivity contribution in [2.24, 2.45) is 5.41 Å². The standard InChI is InChI=1S/C17H24N2O3/c1-17(2,3)16-18(4)15(22)13(10-11-20)19(16)14(21)12-8-6-5-7-9-12/h5-9,13,16,20H,10-11H2,1-4H3. The predicted octanol–water partition coefficient (Wildman–Crippen LogP) is 1.72. The molecule has 22 heavy (non-hydrogen) atoms. The van der Waals surface area contributed by atoms with Gasteiger partial charge in [0.1, 0.15) is 12.2 Å². The highest BCUT2D eigenvalue weighted by Gasteiger charge is 2.50. The fourth-order valence-corrected chi connectivity index (χ4v) is 3.20. The van der Waals surface area contributed by atoms with Gasteiger partial charge >= 0.3 is 0 Å². The second-order valence-electron chi connectivity index (χ2n) is 6.80. The van der Waals surface area contributed by atoms with Crippen LogP contribution in [0.5, 0.6) is 0 Å².